The summed E-state index contributed by atoms with van der Waals surface area (Å²) < 4.78 is 5.50. The van der Waals surface area contributed by atoms with E-state index in [0.717, 1.165) is 38.5 Å². The standard InChI is InChI=1S/C64H127NO5/c1-3-5-7-9-11-13-15-17-19-21-26-30-34-38-42-46-50-54-58-64(69)70-59-55-51-47-43-39-35-31-27-24-22-23-25-29-33-37-41-45-49-53-57-63(68)65-61(60-66)62(67)56-52-48-44-40-36-32-28-20-18-16-14-12-10-8-6-4-2/h61-62,66-67H,3-60H2,1-2H3,(H,65,68). The van der Waals surface area contributed by atoms with Crippen LogP contribution in [0.15, 0.2) is 0 Å². The SMILES string of the molecule is CCCCCCCCCCCCCCCCCCCCC(=O)OCCCCCCCCCCCCCCCCCCCCCC(=O)NC(CO)C(O)CCCCCCCCCCCCCCCCCC. The second kappa shape index (κ2) is 60.4. The second-order valence-corrected chi connectivity index (χ2v) is 22.5. The van der Waals surface area contributed by atoms with Crippen molar-refractivity contribution in [2.24, 2.45) is 0 Å². The fraction of sp³-hybridized carbons (Fsp3) is 0.969. The van der Waals surface area contributed by atoms with Crippen LogP contribution in [0.2, 0.25) is 0 Å². The second-order valence-electron chi connectivity index (χ2n) is 22.5. The van der Waals surface area contributed by atoms with Crippen LogP contribution < -0.4 is 5.32 Å². The summed E-state index contributed by atoms with van der Waals surface area (Å²) in [6.45, 7) is 4.99. The van der Waals surface area contributed by atoms with Crippen molar-refractivity contribution < 1.29 is 24.5 Å². The molecule has 0 heterocycles. The molecule has 0 aromatic heterocycles. The van der Waals surface area contributed by atoms with Gasteiger partial charge in [-0.3, -0.25) is 9.59 Å². The highest BCUT2D eigenvalue weighted by Crippen LogP contribution is 2.19. The topological polar surface area (TPSA) is 95.9 Å². The van der Waals surface area contributed by atoms with Crippen molar-refractivity contribution in [3.05, 3.63) is 0 Å². The van der Waals surface area contributed by atoms with Gasteiger partial charge in [0.1, 0.15) is 0 Å². The van der Waals surface area contributed by atoms with Crippen molar-refractivity contribution in [2.75, 3.05) is 13.2 Å². The fourth-order valence-corrected chi connectivity index (χ4v) is 10.5. The van der Waals surface area contributed by atoms with Crippen LogP contribution in [0.4, 0.5) is 0 Å². The van der Waals surface area contributed by atoms with Crippen molar-refractivity contribution in [3.8, 4) is 0 Å². The van der Waals surface area contributed by atoms with E-state index in [0.29, 0.717) is 25.9 Å². The molecule has 0 aliphatic carbocycles. The Kier molecular flexibility index (Phi) is 59.4. The minimum atomic E-state index is -0.665. The molecule has 0 saturated carbocycles. The Bertz CT molecular complexity index is 1010. The summed E-state index contributed by atoms with van der Waals surface area (Å²) in [5, 5.41) is 23.3. The van der Waals surface area contributed by atoms with Gasteiger partial charge in [-0.2, -0.15) is 0 Å². The summed E-state index contributed by atoms with van der Waals surface area (Å²) >= 11 is 0. The lowest BCUT2D eigenvalue weighted by molar-refractivity contribution is -0.143. The number of carbonyl (C=O) groups excluding carboxylic acids is 2. The summed E-state index contributed by atoms with van der Waals surface area (Å²) in [6, 6.07) is -0.542. The zero-order valence-electron chi connectivity index (χ0n) is 47.8. The van der Waals surface area contributed by atoms with Crippen molar-refractivity contribution in [2.45, 2.75) is 386 Å². The van der Waals surface area contributed by atoms with Crippen LogP contribution in [-0.2, 0) is 14.3 Å². The maximum atomic E-state index is 12.5. The van der Waals surface area contributed by atoms with E-state index < -0.39 is 12.1 Å². The lowest BCUT2D eigenvalue weighted by atomic mass is 10.0. The van der Waals surface area contributed by atoms with E-state index in [4.69, 9.17) is 4.74 Å². The normalized spacial score (nSPS) is 12.5. The number of hydrogen-bond acceptors (Lipinski definition) is 5. The quantitative estimate of drug-likeness (QED) is 0.0417. The van der Waals surface area contributed by atoms with Gasteiger partial charge in [-0.15, -0.1) is 0 Å². The Labute approximate surface area is 438 Å². The molecule has 70 heavy (non-hydrogen) atoms. The van der Waals surface area contributed by atoms with E-state index >= 15 is 0 Å². The van der Waals surface area contributed by atoms with Crippen LogP contribution in [0.5, 0.6) is 0 Å². The molecule has 418 valence electrons. The molecule has 6 heteroatoms. The Morgan fingerprint density at radius 2 is 0.586 bits per heavy atom. The largest absolute Gasteiger partial charge is 0.466 e. The monoisotopic (exact) mass is 990 g/mol. The molecule has 3 N–H and O–H groups in total. The third-order valence-electron chi connectivity index (χ3n) is 15.4. The minimum absolute atomic E-state index is 0.0147. The summed E-state index contributed by atoms with van der Waals surface area (Å²) in [5.41, 5.74) is 0. The Morgan fingerprint density at radius 1 is 0.343 bits per heavy atom. The molecule has 1 amide bonds. The van der Waals surface area contributed by atoms with Gasteiger partial charge in [-0.05, 0) is 25.7 Å². The molecule has 6 nitrogen and oxygen atoms in total. The van der Waals surface area contributed by atoms with E-state index in [-0.39, 0.29) is 18.5 Å². The molecule has 0 aliphatic rings. The molecular weight excluding hydrogens is 863 g/mol. The lowest BCUT2D eigenvalue weighted by Crippen LogP contribution is -2.45. The number of esters is 1. The molecule has 0 radical (unpaired) electrons. The predicted octanol–water partition coefficient (Wildman–Crippen LogP) is 20.3. The van der Waals surface area contributed by atoms with Crippen LogP contribution in [-0.4, -0.2) is 47.4 Å². The number of hydrogen-bond donors (Lipinski definition) is 3. The van der Waals surface area contributed by atoms with Gasteiger partial charge in [0.15, 0.2) is 0 Å². The van der Waals surface area contributed by atoms with Crippen LogP contribution in [0.3, 0.4) is 0 Å². The molecule has 0 bridgehead atoms. The van der Waals surface area contributed by atoms with Gasteiger partial charge in [-0.1, -0.05) is 335 Å². The van der Waals surface area contributed by atoms with Gasteiger partial charge in [0.2, 0.25) is 5.91 Å². The number of unbranched alkanes of at least 4 members (excludes halogenated alkanes) is 50. The van der Waals surface area contributed by atoms with Gasteiger partial charge in [0.25, 0.3) is 0 Å². The van der Waals surface area contributed by atoms with E-state index in [2.05, 4.69) is 19.2 Å². The first-order chi connectivity index (χ1) is 34.5. The maximum absolute atomic E-state index is 12.5. The van der Waals surface area contributed by atoms with Crippen LogP contribution >= 0.6 is 0 Å². The third-order valence-corrected chi connectivity index (χ3v) is 15.4. The van der Waals surface area contributed by atoms with Crippen LogP contribution in [0.25, 0.3) is 0 Å². The lowest BCUT2D eigenvalue weighted by Gasteiger charge is -2.22. The Hall–Kier alpha value is -1.14. The smallest absolute Gasteiger partial charge is 0.305 e. The number of carbonyl (C=O) groups is 2. The maximum Gasteiger partial charge on any atom is 0.305 e. The summed E-state index contributed by atoms with van der Waals surface area (Å²) in [4.78, 5) is 24.6. The van der Waals surface area contributed by atoms with Crippen molar-refractivity contribution in [1.29, 1.82) is 0 Å². The molecule has 0 fully saturated rings. The molecule has 2 atom stereocenters. The molecule has 0 spiro atoms. The summed E-state index contributed by atoms with van der Waals surface area (Å²) in [5.74, 6) is -0.0193. The molecule has 2 unspecified atom stereocenters. The zero-order valence-corrected chi connectivity index (χ0v) is 47.8. The van der Waals surface area contributed by atoms with Crippen molar-refractivity contribution in [3.63, 3.8) is 0 Å². The van der Waals surface area contributed by atoms with Crippen molar-refractivity contribution in [1.82, 2.24) is 5.32 Å². The highest BCUT2D eigenvalue weighted by atomic mass is 16.5. The number of amides is 1. The highest BCUT2D eigenvalue weighted by molar-refractivity contribution is 5.76. The molecule has 0 saturated heterocycles. The fourth-order valence-electron chi connectivity index (χ4n) is 10.5. The Balaban J connectivity index is 3.36. The molecule has 0 aromatic rings. The number of nitrogens with one attached hydrogen (secondary N) is 1. The summed E-state index contributed by atoms with van der Waals surface area (Å²) in [7, 11) is 0. The van der Waals surface area contributed by atoms with Gasteiger partial charge >= 0.3 is 5.97 Å². The predicted molar refractivity (Wildman–Crippen MR) is 306 cm³/mol. The highest BCUT2D eigenvalue weighted by Gasteiger charge is 2.20. The van der Waals surface area contributed by atoms with Crippen molar-refractivity contribution >= 4 is 11.9 Å². The van der Waals surface area contributed by atoms with Gasteiger partial charge in [-0.25, -0.2) is 0 Å². The van der Waals surface area contributed by atoms with E-state index in [1.54, 1.807) is 0 Å². The van der Waals surface area contributed by atoms with Gasteiger partial charge < -0.3 is 20.3 Å². The van der Waals surface area contributed by atoms with Crippen LogP contribution in [0.1, 0.15) is 373 Å². The molecule has 0 aliphatic heterocycles. The molecular formula is C64H127NO5. The molecule has 0 rings (SSSR count). The van der Waals surface area contributed by atoms with E-state index in [1.807, 2.05) is 0 Å². The third kappa shape index (κ3) is 56.2. The number of aliphatic hydroxyl groups excluding tert-OH is 2. The minimum Gasteiger partial charge on any atom is -0.466 e. The Morgan fingerprint density at radius 3 is 0.871 bits per heavy atom. The number of ether oxygens (including phenoxy) is 1. The van der Waals surface area contributed by atoms with Gasteiger partial charge in [0, 0.05) is 12.8 Å². The van der Waals surface area contributed by atoms with Gasteiger partial charge in [0.05, 0.1) is 25.4 Å². The first-order valence-electron chi connectivity index (χ1n) is 32.3. The van der Waals surface area contributed by atoms with E-state index in [1.165, 1.54) is 302 Å². The summed E-state index contributed by atoms with van der Waals surface area (Å²) in [6.07, 6.45) is 71.2. The average Bonchev–Trinajstić information content (AvgIpc) is 3.36. The van der Waals surface area contributed by atoms with Crippen LogP contribution in [0, 0.1) is 0 Å². The van der Waals surface area contributed by atoms with E-state index in [9.17, 15) is 19.8 Å². The average molecular weight is 991 g/mol. The number of rotatable bonds is 61. The first kappa shape index (κ1) is 68.9. The number of aliphatic hydroxyl groups is 2. The zero-order chi connectivity index (χ0) is 50.7. The first-order valence-corrected chi connectivity index (χ1v) is 32.3. The molecule has 0 aromatic carbocycles.